The molecule has 1 atom stereocenters. The van der Waals surface area contributed by atoms with E-state index in [9.17, 15) is 9.90 Å². The summed E-state index contributed by atoms with van der Waals surface area (Å²) in [7, 11) is 0. The lowest BCUT2D eigenvalue weighted by molar-refractivity contribution is 0.0741. The van der Waals surface area contributed by atoms with Crippen LogP contribution in [-0.4, -0.2) is 32.7 Å². The van der Waals surface area contributed by atoms with Crippen molar-refractivity contribution in [2.75, 3.05) is 6.54 Å². The van der Waals surface area contributed by atoms with E-state index in [-0.39, 0.29) is 17.7 Å². The van der Waals surface area contributed by atoms with E-state index < -0.39 is 0 Å². The Morgan fingerprint density at radius 1 is 1.21 bits per heavy atom. The zero-order chi connectivity index (χ0) is 20.7. The third-order valence-corrected chi connectivity index (χ3v) is 5.75. The number of aromatic hydroxyl groups is 1. The Kier molecular flexibility index (Phi) is 5.09. The fourth-order valence-corrected chi connectivity index (χ4v) is 4.22. The van der Waals surface area contributed by atoms with E-state index in [2.05, 4.69) is 17.1 Å². The smallest absolute Gasteiger partial charge is 0.273 e. The Morgan fingerprint density at radius 2 is 1.93 bits per heavy atom. The highest BCUT2D eigenvalue weighted by atomic mass is 35.5. The number of amides is 1. The number of phenols is 1. The van der Waals surface area contributed by atoms with Crippen LogP contribution >= 0.6 is 11.6 Å². The topological polar surface area (TPSA) is 69.2 Å². The van der Waals surface area contributed by atoms with Crippen LogP contribution in [0.4, 0.5) is 0 Å². The van der Waals surface area contributed by atoms with Gasteiger partial charge < -0.3 is 10.0 Å². The molecule has 2 N–H and O–H groups in total. The highest BCUT2D eigenvalue weighted by Crippen LogP contribution is 2.45. The standard InChI is InChI=1S/C23H24ClN3O2/c1-4-5-10-27-21(15-6-8-16(24)9-7-15)18-19(25-26-20(18)23(27)29)17-12-13(2)11-14(3)22(17)28/h6-9,11-12,21,28H,4-5,10H2,1-3H3,(H,25,26). The maximum Gasteiger partial charge on any atom is 0.273 e. The number of aromatic nitrogens is 2. The molecule has 3 aromatic rings. The Hall–Kier alpha value is -2.79. The summed E-state index contributed by atoms with van der Waals surface area (Å²) in [6.07, 6.45) is 1.91. The number of hydrogen-bond acceptors (Lipinski definition) is 3. The van der Waals surface area contributed by atoms with E-state index in [1.54, 1.807) is 0 Å². The summed E-state index contributed by atoms with van der Waals surface area (Å²) in [5, 5.41) is 18.8. The third-order valence-electron chi connectivity index (χ3n) is 5.50. The first kappa shape index (κ1) is 19.5. The van der Waals surface area contributed by atoms with Crippen molar-refractivity contribution in [1.29, 1.82) is 0 Å². The molecule has 1 aliphatic heterocycles. The first-order valence-electron chi connectivity index (χ1n) is 9.87. The zero-order valence-electron chi connectivity index (χ0n) is 16.8. The summed E-state index contributed by atoms with van der Waals surface area (Å²) < 4.78 is 0. The first-order valence-corrected chi connectivity index (χ1v) is 10.3. The van der Waals surface area contributed by atoms with Gasteiger partial charge in [-0.3, -0.25) is 9.89 Å². The molecule has 0 radical (unpaired) electrons. The van der Waals surface area contributed by atoms with Gasteiger partial charge in [-0.25, -0.2) is 0 Å². The monoisotopic (exact) mass is 409 g/mol. The summed E-state index contributed by atoms with van der Waals surface area (Å²) in [6, 6.07) is 11.2. The summed E-state index contributed by atoms with van der Waals surface area (Å²) in [6.45, 7) is 6.62. The fraction of sp³-hybridized carbons (Fsp3) is 0.304. The summed E-state index contributed by atoms with van der Waals surface area (Å²) >= 11 is 6.10. The fourth-order valence-electron chi connectivity index (χ4n) is 4.09. The second-order valence-electron chi connectivity index (χ2n) is 7.65. The molecule has 0 aliphatic carbocycles. The van der Waals surface area contributed by atoms with Gasteiger partial charge in [-0.2, -0.15) is 5.10 Å². The minimum absolute atomic E-state index is 0.0592. The molecule has 6 heteroatoms. The quantitative estimate of drug-likeness (QED) is 0.592. The molecule has 0 fully saturated rings. The molecule has 29 heavy (non-hydrogen) atoms. The molecular formula is C23H24ClN3O2. The summed E-state index contributed by atoms with van der Waals surface area (Å²) in [4.78, 5) is 15.1. The van der Waals surface area contributed by atoms with E-state index in [0.717, 1.165) is 35.1 Å². The van der Waals surface area contributed by atoms with Crippen LogP contribution in [0.15, 0.2) is 36.4 Å². The molecule has 0 saturated carbocycles. The summed E-state index contributed by atoms with van der Waals surface area (Å²) in [5.74, 6) is 0.134. The number of phenolic OH excluding ortho intramolecular Hbond substituents is 1. The average molecular weight is 410 g/mol. The number of aromatic amines is 1. The van der Waals surface area contributed by atoms with Crippen LogP contribution in [0.3, 0.4) is 0 Å². The highest BCUT2D eigenvalue weighted by Gasteiger charge is 2.42. The van der Waals surface area contributed by atoms with Crippen molar-refractivity contribution >= 4 is 17.5 Å². The zero-order valence-corrected chi connectivity index (χ0v) is 17.5. The molecule has 150 valence electrons. The van der Waals surface area contributed by atoms with Crippen molar-refractivity contribution in [1.82, 2.24) is 15.1 Å². The van der Waals surface area contributed by atoms with E-state index in [1.165, 1.54) is 0 Å². The predicted molar refractivity (Wildman–Crippen MR) is 114 cm³/mol. The number of halogens is 1. The van der Waals surface area contributed by atoms with Crippen LogP contribution < -0.4 is 0 Å². The largest absolute Gasteiger partial charge is 0.507 e. The number of H-pyrrole nitrogens is 1. The molecule has 5 nitrogen and oxygen atoms in total. The average Bonchev–Trinajstić information content (AvgIpc) is 3.23. The lowest BCUT2D eigenvalue weighted by atomic mass is 9.94. The van der Waals surface area contributed by atoms with E-state index >= 15 is 0 Å². The van der Waals surface area contributed by atoms with E-state index in [4.69, 9.17) is 11.6 Å². The molecule has 2 aromatic carbocycles. The van der Waals surface area contributed by atoms with Gasteiger partial charge in [0.25, 0.3) is 5.91 Å². The second-order valence-corrected chi connectivity index (χ2v) is 8.08. The van der Waals surface area contributed by atoms with Crippen LogP contribution in [-0.2, 0) is 0 Å². The minimum Gasteiger partial charge on any atom is -0.507 e. The van der Waals surface area contributed by atoms with Gasteiger partial charge in [0.1, 0.15) is 17.1 Å². The number of hydrogen-bond donors (Lipinski definition) is 2. The van der Waals surface area contributed by atoms with Crippen LogP contribution in [0.5, 0.6) is 5.75 Å². The van der Waals surface area contributed by atoms with Crippen molar-refractivity contribution in [2.45, 2.75) is 39.7 Å². The lowest BCUT2D eigenvalue weighted by Gasteiger charge is -2.26. The Bertz CT molecular complexity index is 1070. The Balaban J connectivity index is 1.91. The van der Waals surface area contributed by atoms with Crippen LogP contribution in [0.2, 0.25) is 5.02 Å². The Labute approximate surface area is 175 Å². The highest BCUT2D eigenvalue weighted by molar-refractivity contribution is 6.30. The second kappa shape index (κ2) is 7.56. The number of aryl methyl sites for hydroxylation is 2. The maximum absolute atomic E-state index is 13.2. The molecule has 0 bridgehead atoms. The molecule has 1 aromatic heterocycles. The van der Waals surface area contributed by atoms with Gasteiger partial charge in [0.15, 0.2) is 0 Å². The molecule has 4 rings (SSSR count). The van der Waals surface area contributed by atoms with Crippen molar-refractivity contribution in [3.8, 4) is 17.0 Å². The minimum atomic E-state index is -0.268. The molecule has 2 heterocycles. The normalized spacial score (nSPS) is 15.8. The van der Waals surface area contributed by atoms with Crippen molar-refractivity contribution in [3.05, 3.63) is 69.4 Å². The van der Waals surface area contributed by atoms with Crippen LogP contribution in [0.25, 0.3) is 11.3 Å². The number of benzene rings is 2. The van der Waals surface area contributed by atoms with Crippen LogP contribution in [0, 0.1) is 13.8 Å². The van der Waals surface area contributed by atoms with Crippen molar-refractivity contribution < 1.29 is 9.90 Å². The van der Waals surface area contributed by atoms with E-state index in [1.807, 2.05) is 55.1 Å². The van der Waals surface area contributed by atoms with Gasteiger partial charge in [-0.15, -0.1) is 0 Å². The molecule has 1 amide bonds. The van der Waals surface area contributed by atoms with Gasteiger partial charge in [0, 0.05) is 22.7 Å². The lowest BCUT2D eigenvalue weighted by Crippen LogP contribution is -2.30. The number of nitrogens with one attached hydrogen (secondary N) is 1. The van der Waals surface area contributed by atoms with Crippen molar-refractivity contribution in [2.24, 2.45) is 0 Å². The molecule has 1 aliphatic rings. The number of rotatable bonds is 5. The van der Waals surface area contributed by atoms with Gasteiger partial charge in [0.2, 0.25) is 0 Å². The third kappa shape index (κ3) is 3.29. The van der Waals surface area contributed by atoms with Crippen LogP contribution in [0.1, 0.15) is 58.5 Å². The molecule has 0 spiro atoms. The summed E-state index contributed by atoms with van der Waals surface area (Å²) in [5.41, 5.74) is 5.36. The number of carbonyl (C=O) groups is 1. The predicted octanol–water partition coefficient (Wildman–Crippen LogP) is 5.40. The molecular weight excluding hydrogens is 386 g/mol. The first-order chi connectivity index (χ1) is 13.9. The Morgan fingerprint density at radius 3 is 2.62 bits per heavy atom. The van der Waals surface area contributed by atoms with Gasteiger partial charge >= 0.3 is 0 Å². The number of unbranched alkanes of at least 4 members (excludes halogenated alkanes) is 1. The SMILES string of the molecule is CCCCN1C(=O)c2[nH]nc(-c3cc(C)cc(C)c3O)c2C1c1ccc(Cl)cc1. The van der Waals surface area contributed by atoms with Gasteiger partial charge in [-0.1, -0.05) is 43.1 Å². The van der Waals surface area contributed by atoms with Gasteiger partial charge in [-0.05, 0) is 55.2 Å². The van der Waals surface area contributed by atoms with Gasteiger partial charge in [0.05, 0.1) is 6.04 Å². The molecule has 0 saturated heterocycles. The number of carbonyl (C=O) groups excluding carboxylic acids is 1. The number of nitrogens with zero attached hydrogens (tertiary/aromatic N) is 2. The van der Waals surface area contributed by atoms with E-state index in [0.29, 0.717) is 28.5 Å². The molecule has 1 unspecified atom stereocenters. The number of fused-ring (bicyclic) bond motifs is 1. The van der Waals surface area contributed by atoms with Crippen molar-refractivity contribution in [3.63, 3.8) is 0 Å². The maximum atomic E-state index is 13.2.